The third-order valence-corrected chi connectivity index (χ3v) is 4.64. The second-order valence-electron chi connectivity index (χ2n) is 5.30. The van der Waals surface area contributed by atoms with Crippen molar-refractivity contribution in [2.75, 3.05) is 18.0 Å². The summed E-state index contributed by atoms with van der Waals surface area (Å²) in [6.07, 6.45) is 6.18. The molecule has 3 rings (SSSR count). The Hall–Kier alpha value is -1.10. The Morgan fingerprint density at radius 1 is 1.39 bits per heavy atom. The first-order valence-electron chi connectivity index (χ1n) is 6.70. The highest BCUT2D eigenvalue weighted by atomic mass is 32.1. The Labute approximate surface area is 111 Å². The van der Waals surface area contributed by atoms with E-state index in [-0.39, 0.29) is 5.91 Å². The SMILES string of the molecule is Cc1cnc(N2CCC(NC(=O)C3CC3)CC2)s1. The number of hydrogen-bond acceptors (Lipinski definition) is 4. The first-order chi connectivity index (χ1) is 8.72. The molecule has 1 aromatic heterocycles. The van der Waals surface area contributed by atoms with E-state index in [1.54, 1.807) is 11.3 Å². The van der Waals surface area contributed by atoms with Gasteiger partial charge in [-0.25, -0.2) is 4.98 Å². The van der Waals surface area contributed by atoms with Crippen LogP contribution in [0.2, 0.25) is 0 Å². The molecule has 1 N–H and O–H groups in total. The van der Waals surface area contributed by atoms with Gasteiger partial charge in [0.1, 0.15) is 0 Å². The zero-order valence-corrected chi connectivity index (χ0v) is 11.5. The third-order valence-electron chi connectivity index (χ3n) is 3.67. The van der Waals surface area contributed by atoms with Crippen LogP contribution in [0, 0.1) is 12.8 Å². The number of nitrogens with one attached hydrogen (secondary N) is 1. The Balaban J connectivity index is 1.50. The van der Waals surface area contributed by atoms with Crippen LogP contribution in [0.1, 0.15) is 30.6 Å². The van der Waals surface area contributed by atoms with Crippen LogP contribution in [0.3, 0.4) is 0 Å². The van der Waals surface area contributed by atoms with E-state index in [1.165, 1.54) is 4.88 Å². The first-order valence-corrected chi connectivity index (χ1v) is 7.52. The number of thiazole rings is 1. The molecule has 2 aliphatic rings. The molecule has 1 aliphatic carbocycles. The lowest BCUT2D eigenvalue weighted by molar-refractivity contribution is -0.123. The van der Waals surface area contributed by atoms with Crippen LogP contribution in [-0.4, -0.2) is 30.0 Å². The van der Waals surface area contributed by atoms with Crippen molar-refractivity contribution in [1.29, 1.82) is 0 Å². The fourth-order valence-corrected chi connectivity index (χ4v) is 3.18. The maximum Gasteiger partial charge on any atom is 0.223 e. The molecule has 0 spiro atoms. The van der Waals surface area contributed by atoms with E-state index in [9.17, 15) is 4.79 Å². The lowest BCUT2D eigenvalue weighted by atomic mass is 10.1. The molecule has 1 saturated heterocycles. The molecule has 1 aromatic rings. The predicted octanol–water partition coefficient (Wildman–Crippen LogP) is 1.95. The number of aryl methyl sites for hydroxylation is 1. The third kappa shape index (κ3) is 2.66. The van der Waals surface area contributed by atoms with Crippen molar-refractivity contribution >= 4 is 22.4 Å². The fraction of sp³-hybridized carbons (Fsp3) is 0.692. The quantitative estimate of drug-likeness (QED) is 0.908. The van der Waals surface area contributed by atoms with Gasteiger partial charge >= 0.3 is 0 Å². The van der Waals surface area contributed by atoms with Gasteiger partial charge in [-0.1, -0.05) is 0 Å². The zero-order chi connectivity index (χ0) is 12.5. The Kier molecular flexibility index (Phi) is 3.24. The molecule has 0 aromatic carbocycles. The van der Waals surface area contributed by atoms with E-state index in [0.29, 0.717) is 12.0 Å². The summed E-state index contributed by atoms with van der Waals surface area (Å²) in [4.78, 5) is 19.7. The number of piperidine rings is 1. The molecule has 4 nitrogen and oxygen atoms in total. The van der Waals surface area contributed by atoms with E-state index in [0.717, 1.165) is 43.9 Å². The molecule has 5 heteroatoms. The van der Waals surface area contributed by atoms with Gasteiger partial charge in [-0.05, 0) is 32.6 Å². The molecule has 18 heavy (non-hydrogen) atoms. The molecule has 1 amide bonds. The van der Waals surface area contributed by atoms with Crippen molar-refractivity contribution < 1.29 is 4.79 Å². The van der Waals surface area contributed by atoms with Crippen LogP contribution in [0.15, 0.2) is 6.20 Å². The van der Waals surface area contributed by atoms with Crippen molar-refractivity contribution in [2.45, 2.75) is 38.6 Å². The Bertz CT molecular complexity index is 433. The summed E-state index contributed by atoms with van der Waals surface area (Å²) in [6.45, 7) is 4.09. The second kappa shape index (κ2) is 4.88. The summed E-state index contributed by atoms with van der Waals surface area (Å²) in [5, 5.41) is 4.30. The summed E-state index contributed by atoms with van der Waals surface area (Å²) in [7, 11) is 0. The van der Waals surface area contributed by atoms with E-state index < -0.39 is 0 Å². The van der Waals surface area contributed by atoms with Gasteiger partial charge in [-0.15, -0.1) is 11.3 Å². The van der Waals surface area contributed by atoms with Gasteiger partial charge in [0.25, 0.3) is 0 Å². The molecular weight excluding hydrogens is 246 g/mol. The van der Waals surface area contributed by atoms with Crippen LogP contribution < -0.4 is 10.2 Å². The zero-order valence-electron chi connectivity index (χ0n) is 10.7. The minimum Gasteiger partial charge on any atom is -0.353 e. The van der Waals surface area contributed by atoms with Crippen molar-refractivity contribution in [1.82, 2.24) is 10.3 Å². The Morgan fingerprint density at radius 2 is 2.11 bits per heavy atom. The maximum absolute atomic E-state index is 11.7. The molecule has 0 bridgehead atoms. The number of carbonyl (C=O) groups excluding carboxylic acids is 1. The smallest absolute Gasteiger partial charge is 0.223 e. The minimum absolute atomic E-state index is 0.276. The van der Waals surface area contributed by atoms with E-state index in [1.807, 2.05) is 6.20 Å². The van der Waals surface area contributed by atoms with Gasteiger partial charge in [0, 0.05) is 36.1 Å². The number of hydrogen-bond donors (Lipinski definition) is 1. The van der Waals surface area contributed by atoms with E-state index in [2.05, 4.69) is 22.1 Å². The standard InChI is InChI=1S/C13H19N3OS/c1-9-8-14-13(18-9)16-6-4-11(5-7-16)15-12(17)10-2-3-10/h8,10-11H,2-7H2,1H3,(H,15,17). The molecule has 0 atom stereocenters. The highest BCUT2D eigenvalue weighted by molar-refractivity contribution is 7.15. The van der Waals surface area contributed by atoms with E-state index in [4.69, 9.17) is 0 Å². The number of rotatable bonds is 3. The summed E-state index contributed by atoms with van der Waals surface area (Å²) >= 11 is 1.75. The summed E-state index contributed by atoms with van der Waals surface area (Å²) in [6, 6.07) is 0.371. The molecule has 0 unspecified atom stereocenters. The highest BCUT2D eigenvalue weighted by Gasteiger charge is 2.31. The normalized spacial score (nSPS) is 21.1. The van der Waals surface area contributed by atoms with Gasteiger partial charge in [-0.2, -0.15) is 0 Å². The van der Waals surface area contributed by atoms with Crippen LogP contribution in [0.4, 0.5) is 5.13 Å². The minimum atomic E-state index is 0.276. The van der Waals surface area contributed by atoms with Crippen molar-refractivity contribution in [3.63, 3.8) is 0 Å². The monoisotopic (exact) mass is 265 g/mol. The van der Waals surface area contributed by atoms with Crippen molar-refractivity contribution in [3.8, 4) is 0 Å². The Morgan fingerprint density at radius 3 is 2.67 bits per heavy atom. The van der Waals surface area contributed by atoms with Gasteiger partial charge in [0.15, 0.2) is 5.13 Å². The number of carbonyl (C=O) groups is 1. The lowest BCUT2D eigenvalue weighted by Gasteiger charge is -2.32. The van der Waals surface area contributed by atoms with Crippen LogP contribution in [-0.2, 0) is 4.79 Å². The fourth-order valence-electron chi connectivity index (χ4n) is 2.37. The predicted molar refractivity (Wildman–Crippen MR) is 73.0 cm³/mol. The van der Waals surface area contributed by atoms with E-state index >= 15 is 0 Å². The average Bonchev–Trinajstić information content (AvgIpc) is 3.13. The maximum atomic E-state index is 11.7. The largest absolute Gasteiger partial charge is 0.353 e. The number of nitrogens with zero attached hydrogens (tertiary/aromatic N) is 2. The number of aromatic nitrogens is 1. The van der Waals surface area contributed by atoms with Gasteiger partial charge in [0.2, 0.25) is 5.91 Å². The molecule has 1 aliphatic heterocycles. The van der Waals surface area contributed by atoms with Crippen LogP contribution >= 0.6 is 11.3 Å². The van der Waals surface area contributed by atoms with Gasteiger partial charge < -0.3 is 10.2 Å². The van der Waals surface area contributed by atoms with Crippen molar-refractivity contribution in [3.05, 3.63) is 11.1 Å². The summed E-state index contributed by atoms with van der Waals surface area (Å²) in [5.41, 5.74) is 0. The van der Waals surface area contributed by atoms with Gasteiger partial charge in [-0.3, -0.25) is 4.79 Å². The molecular formula is C13H19N3OS. The molecule has 1 saturated carbocycles. The first kappa shape index (κ1) is 12.0. The average molecular weight is 265 g/mol. The van der Waals surface area contributed by atoms with Gasteiger partial charge in [0.05, 0.1) is 0 Å². The number of anilines is 1. The summed E-state index contributed by atoms with van der Waals surface area (Å²) < 4.78 is 0. The molecule has 2 heterocycles. The highest BCUT2D eigenvalue weighted by Crippen LogP contribution is 2.30. The molecule has 2 fully saturated rings. The summed E-state index contributed by atoms with van der Waals surface area (Å²) in [5.74, 6) is 0.600. The van der Waals surface area contributed by atoms with Crippen LogP contribution in [0.5, 0.6) is 0 Å². The van der Waals surface area contributed by atoms with Crippen LogP contribution in [0.25, 0.3) is 0 Å². The number of amides is 1. The molecule has 98 valence electrons. The topological polar surface area (TPSA) is 45.2 Å². The lowest BCUT2D eigenvalue weighted by Crippen LogP contribution is -2.45. The second-order valence-corrected chi connectivity index (χ2v) is 6.51. The van der Waals surface area contributed by atoms with Crippen molar-refractivity contribution in [2.24, 2.45) is 5.92 Å². The molecule has 0 radical (unpaired) electrons.